The van der Waals surface area contributed by atoms with Crippen LogP contribution in [0.3, 0.4) is 0 Å². The third-order valence-corrected chi connectivity index (χ3v) is 3.67. The van der Waals surface area contributed by atoms with Gasteiger partial charge in [-0.25, -0.2) is 4.79 Å². The molecule has 2 rings (SSSR count). The number of nitro groups is 1. The predicted molar refractivity (Wildman–Crippen MR) is 86.0 cm³/mol. The molecule has 132 valence electrons. The first-order valence-electron chi connectivity index (χ1n) is 7.51. The maximum atomic E-state index is 12.5. The molecule has 24 heavy (non-hydrogen) atoms. The highest BCUT2D eigenvalue weighted by Gasteiger charge is 2.38. The minimum Gasteiger partial charge on any atom is -0.490 e. The van der Waals surface area contributed by atoms with Crippen LogP contribution in [-0.4, -0.2) is 42.3 Å². The summed E-state index contributed by atoms with van der Waals surface area (Å²) in [6.45, 7) is 5.86. The molecule has 0 aromatic heterocycles. The molecule has 1 aliphatic rings. The predicted octanol–water partition coefficient (Wildman–Crippen LogP) is 3.04. The molecule has 0 N–H and O–H groups in total. The Labute approximate surface area is 140 Å². The summed E-state index contributed by atoms with van der Waals surface area (Å²) in [5.41, 5.74) is 0.691. The molecule has 1 unspecified atom stereocenters. The van der Waals surface area contributed by atoms with Gasteiger partial charge in [-0.05, 0) is 38.0 Å². The number of ether oxygens (including phenoxy) is 3. The lowest BCUT2D eigenvalue weighted by Gasteiger charge is -2.28. The fraction of sp³-hybridized carbons (Fsp3) is 0.562. The van der Waals surface area contributed by atoms with Crippen molar-refractivity contribution in [3.63, 3.8) is 0 Å². The molecule has 1 amide bonds. The van der Waals surface area contributed by atoms with Crippen molar-refractivity contribution >= 4 is 11.8 Å². The minimum atomic E-state index is -0.632. The number of carbonyl (C=O) groups excluding carboxylic acids is 1. The van der Waals surface area contributed by atoms with Crippen molar-refractivity contribution in [3.8, 4) is 5.75 Å². The van der Waals surface area contributed by atoms with E-state index in [0.717, 1.165) is 5.56 Å². The Bertz CT molecular complexity index is 653. The zero-order chi connectivity index (χ0) is 18.1. The van der Waals surface area contributed by atoms with Crippen molar-refractivity contribution in [2.75, 3.05) is 20.8 Å². The van der Waals surface area contributed by atoms with Crippen LogP contribution < -0.4 is 4.74 Å². The molecular formula is C16H22N2O6. The SMILES string of the molecule is COCC1c2cc([N+](=O)[O-])c(OC)cc2CN1C(=O)OC(C)(C)C. The van der Waals surface area contributed by atoms with E-state index in [2.05, 4.69) is 0 Å². The monoisotopic (exact) mass is 338 g/mol. The molecule has 8 nitrogen and oxygen atoms in total. The molecule has 0 radical (unpaired) electrons. The molecule has 1 aromatic carbocycles. The van der Waals surface area contributed by atoms with Crippen molar-refractivity contribution in [2.24, 2.45) is 0 Å². The lowest BCUT2D eigenvalue weighted by Crippen LogP contribution is -2.37. The molecule has 0 fully saturated rings. The Kier molecular flexibility index (Phi) is 4.98. The molecule has 1 atom stereocenters. The van der Waals surface area contributed by atoms with Crippen molar-refractivity contribution in [1.82, 2.24) is 4.90 Å². The van der Waals surface area contributed by atoms with Crippen LogP contribution >= 0.6 is 0 Å². The van der Waals surface area contributed by atoms with Gasteiger partial charge in [0.25, 0.3) is 0 Å². The van der Waals surface area contributed by atoms with E-state index in [4.69, 9.17) is 14.2 Å². The zero-order valence-corrected chi connectivity index (χ0v) is 14.5. The maximum Gasteiger partial charge on any atom is 0.411 e. The van der Waals surface area contributed by atoms with E-state index in [9.17, 15) is 14.9 Å². The van der Waals surface area contributed by atoms with Crippen LogP contribution in [0.15, 0.2) is 12.1 Å². The first-order chi connectivity index (χ1) is 11.2. The van der Waals surface area contributed by atoms with Gasteiger partial charge < -0.3 is 14.2 Å². The topological polar surface area (TPSA) is 91.1 Å². The molecular weight excluding hydrogens is 316 g/mol. The van der Waals surface area contributed by atoms with Gasteiger partial charge in [-0.15, -0.1) is 0 Å². The molecule has 1 aliphatic heterocycles. The van der Waals surface area contributed by atoms with Gasteiger partial charge >= 0.3 is 11.8 Å². The van der Waals surface area contributed by atoms with E-state index in [1.807, 2.05) is 0 Å². The van der Waals surface area contributed by atoms with Gasteiger partial charge in [-0.1, -0.05) is 0 Å². The van der Waals surface area contributed by atoms with Gasteiger partial charge in [0.1, 0.15) is 5.60 Å². The highest BCUT2D eigenvalue weighted by molar-refractivity contribution is 5.71. The summed E-state index contributed by atoms with van der Waals surface area (Å²) in [5, 5.41) is 11.2. The van der Waals surface area contributed by atoms with Gasteiger partial charge in [0, 0.05) is 13.2 Å². The number of carbonyl (C=O) groups is 1. The minimum absolute atomic E-state index is 0.136. The Morgan fingerprint density at radius 3 is 2.54 bits per heavy atom. The molecule has 1 heterocycles. The summed E-state index contributed by atoms with van der Waals surface area (Å²) in [6.07, 6.45) is -0.484. The number of nitrogens with zero attached hydrogens (tertiary/aromatic N) is 2. The largest absolute Gasteiger partial charge is 0.490 e. The number of nitro benzene ring substituents is 1. The second-order valence-corrected chi connectivity index (χ2v) is 6.56. The number of methoxy groups -OCH3 is 2. The molecule has 0 spiro atoms. The normalized spacial score (nSPS) is 16.7. The van der Waals surface area contributed by atoms with E-state index < -0.39 is 22.7 Å². The lowest BCUT2D eigenvalue weighted by molar-refractivity contribution is -0.385. The van der Waals surface area contributed by atoms with Gasteiger partial charge in [-0.3, -0.25) is 15.0 Å². The Morgan fingerprint density at radius 1 is 1.38 bits per heavy atom. The third-order valence-electron chi connectivity index (χ3n) is 3.67. The van der Waals surface area contributed by atoms with Crippen LogP contribution in [-0.2, 0) is 16.0 Å². The van der Waals surface area contributed by atoms with E-state index in [1.54, 1.807) is 26.8 Å². The van der Waals surface area contributed by atoms with Crippen LogP contribution in [0.5, 0.6) is 5.75 Å². The third kappa shape index (κ3) is 3.59. The second kappa shape index (κ2) is 6.64. The average Bonchev–Trinajstić information content (AvgIpc) is 2.82. The van der Waals surface area contributed by atoms with Crippen LogP contribution in [0.4, 0.5) is 10.5 Å². The number of benzene rings is 1. The second-order valence-electron chi connectivity index (χ2n) is 6.56. The molecule has 0 aliphatic carbocycles. The number of fused-ring (bicyclic) bond motifs is 1. The van der Waals surface area contributed by atoms with Crippen LogP contribution in [0, 0.1) is 10.1 Å². The van der Waals surface area contributed by atoms with E-state index in [1.165, 1.54) is 25.2 Å². The highest BCUT2D eigenvalue weighted by Crippen LogP contribution is 2.41. The van der Waals surface area contributed by atoms with E-state index in [-0.39, 0.29) is 24.6 Å². The first kappa shape index (κ1) is 18.0. The van der Waals surface area contributed by atoms with E-state index in [0.29, 0.717) is 5.56 Å². The molecule has 1 aromatic rings. The maximum absolute atomic E-state index is 12.5. The zero-order valence-electron chi connectivity index (χ0n) is 14.5. The number of hydrogen-bond donors (Lipinski definition) is 0. The van der Waals surface area contributed by atoms with Crippen LogP contribution in [0.2, 0.25) is 0 Å². The quantitative estimate of drug-likeness (QED) is 0.619. The number of hydrogen-bond acceptors (Lipinski definition) is 6. The molecule has 0 saturated heterocycles. The van der Waals surface area contributed by atoms with Gasteiger partial charge in [0.05, 0.1) is 31.2 Å². The summed E-state index contributed by atoms with van der Waals surface area (Å²) in [4.78, 5) is 24.7. The van der Waals surface area contributed by atoms with Gasteiger partial charge in [0.15, 0.2) is 5.75 Å². The molecule has 0 bridgehead atoms. The fourth-order valence-electron chi connectivity index (χ4n) is 2.69. The number of rotatable bonds is 4. The summed E-state index contributed by atoms with van der Waals surface area (Å²) in [6, 6.07) is 2.60. The van der Waals surface area contributed by atoms with Crippen molar-refractivity contribution < 1.29 is 23.9 Å². The standard InChI is InChI=1S/C16H22N2O6/c1-16(2,3)24-15(19)17-8-10-6-14(23-5)12(18(20)21)7-11(10)13(17)9-22-4/h6-7,13H,8-9H2,1-5H3. The van der Waals surface area contributed by atoms with Crippen molar-refractivity contribution in [1.29, 1.82) is 0 Å². The summed E-state index contributed by atoms with van der Waals surface area (Å²) >= 11 is 0. The molecule has 8 heteroatoms. The van der Waals surface area contributed by atoms with E-state index >= 15 is 0 Å². The Hall–Kier alpha value is -2.35. The summed E-state index contributed by atoms with van der Waals surface area (Å²) in [7, 11) is 2.89. The first-order valence-corrected chi connectivity index (χ1v) is 7.51. The van der Waals surface area contributed by atoms with Crippen molar-refractivity contribution in [3.05, 3.63) is 33.4 Å². The number of amides is 1. The summed E-state index contributed by atoms with van der Waals surface area (Å²) in [5.74, 6) is 0.168. The van der Waals surface area contributed by atoms with Gasteiger partial charge in [0.2, 0.25) is 0 Å². The molecule has 0 saturated carbocycles. The summed E-state index contributed by atoms with van der Waals surface area (Å²) < 4.78 is 15.7. The van der Waals surface area contributed by atoms with Crippen molar-refractivity contribution in [2.45, 2.75) is 39.0 Å². The van der Waals surface area contributed by atoms with Crippen LogP contribution in [0.1, 0.15) is 37.9 Å². The average molecular weight is 338 g/mol. The highest BCUT2D eigenvalue weighted by atomic mass is 16.6. The Morgan fingerprint density at radius 2 is 2.04 bits per heavy atom. The van der Waals surface area contributed by atoms with Gasteiger partial charge in [-0.2, -0.15) is 0 Å². The Balaban J connectivity index is 2.41. The fourth-order valence-corrected chi connectivity index (χ4v) is 2.69. The lowest BCUT2D eigenvalue weighted by atomic mass is 10.0. The smallest absolute Gasteiger partial charge is 0.411 e. The van der Waals surface area contributed by atoms with Crippen LogP contribution in [0.25, 0.3) is 0 Å².